The molecule has 3 aromatic rings. The molecule has 160 valence electrons. The third kappa shape index (κ3) is 4.90. The zero-order valence-corrected chi connectivity index (χ0v) is 17.0. The number of hydrogen-bond donors (Lipinski definition) is 2. The van der Waals surface area contributed by atoms with Crippen LogP contribution < -0.4 is 10.6 Å². The molecule has 6 nitrogen and oxygen atoms in total. The lowest BCUT2D eigenvalue weighted by Crippen LogP contribution is -2.45. The fraction of sp³-hybridized carbons (Fsp3) is 0.250. The highest BCUT2D eigenvalue weighted by Crippen LogP contribution is 2.28. The molecule has 4 rings (SSSR count). The van der Waals surface area contributed by atoms with Crippen LogP contribution in [-0.4, -0.2) is 49.6 Å². The summed E-state index contributed by atoms with van der Waals surface area (Å²) in [5.41, 5.74) is 1.05. The number of fused-ring (bicyclic) bond motifs is 1. The first kappa shape index (κ1) is 21.0. The molecule has 1 saturated heterocycles. The van der Waals surface area contributed by atoms with Crippen LogP contribution in [0.25, 0.3) is 10.8 Å². The second-order valence-corrected chi connectivity index (χ2v) is 7.38. The highest BCUT2D eigenvalue weighted by atomic mass is 19.1. The second-order valence-electron chi connectivity index (χ2n) is 7.38. The minimum atomic E-state index is -0.899. The Morgan fingerprint density at radius 3 is 2.45 bits per heavy atom. The SMILES string of the molecule is O=C(NCC(c1cccc2ccccc12)N1CCOCC1)C(=O)Nc1ccccc1F. The van der Waals surface area contributed by atoms with Crippen LogP contribution in [0.2, 0.25) is 0 Å². The quantitative estimate of drug-likeness (QED) is 0.621. The molecule has 1 atom stereocenters. The maximum atomic E-state index is 13.8. The van der Waals surface area contributed by atoms with Crippen molar-refractivity contribution in [3.8, 4) is 0 Å². The first-order valence-electron chi connectivity index (χ1n) is 10.3. The van der Waals surface area contributed by atoms with E-state index in [1.165, 1.54) is 18.2 Å². The van der Waals surface area contributed by atoms with E-state index in [1.54, 1.807) is 6.07 Å². The van der Waals surface area contributed by atoms with Crippen molar-refractivity contribution in [2.45, 2.75) is 6.04 Å². The molecular weight excluding hydrogens is 397 g/mol. The number of ether oxygens (including phenoxy) is 1. The average molecular weight is 421 g/mol. The number of anilines is 1. The Kier molecular flexibility index (Phi) is 6.54. The third-order valence-corrected chi connectivity index (χ3v) is 5.45. The van der Waals surface area contributed by atoms with E-state index < -0.39 is 17.6 Å². The van der Waals surface area contributed by atoms with E-state index in [-0.39, 0.29) is 18.3 Å². The van der Waals surface area contributed by atoms with Gasteiger partial charge >= 0.3 is 11.8 Å². The Morgan fingerprint density at radius 1 is 0.935 bits per heavy atom. The highest BCUT2D eigenvalue weighted by Gasteiger charge is 2.26. The van der Waals surface area contributed by atoms with Gasteiger partial charge in [0.15, 0.2) is 0 Å². The zero-order valence-electron chi connectivity index (χ0n) is 17.0. The molecule has 7 heteroatoms. The van der Waals surface area contributed by atoms with Gasteiger partial charge in [0, 0.05) is 19.6 Å². The van der Waals surface area contributed by atoms with Gasteiger partial charge in [-0.05, 0) is 28.5 Å². The van der Waals surface area contributed by atoms with Crippen LogP contribution in [0.1, 0.15) is 11.6 Å². The second kappa shape index (κ2) is 9.68. The molecule has 0 aromatic heterocycles. The summed E-state index contributed by atoms with van der Waals surface area (Å²) >= 11 is 0. The van der Waals surface area contributed by atoms with E-state index in [4.69, 9.17) is 4.74 Å². The zero-order chi connectivity index (χ0) is 21.6. The Balaban J connectivity index is 1.52. The maximum Gasteiger partial charge on any atom is 0.313 e. The van der Waals surface area contributed by atoms with Crippen LogP contribution >= 0.6 is 0 Å². The van der Waals surface area contributed by atoms with Gasteiger partial charge in [0.1, 0.15) is 5.82 Å². The Bertz CT molecular complexity index is 1080. The van der Waals surface area contributed by atoms with Crippen molar-refractivity contribution in [1.82, 2.24) is 10.2 Å². The fourth-order valence-corrected chi connectivity index (χ4v) is 3.88. The molecule has 1 fully saturated rings. The topological polar surface area (TPSA) is 70.7 Å². The van der Waals surface area contributed by atoms with Gasteiger partial charge in [-0.2, -0.15) is 0 Å². The number of morpholine rings is 1. The largest absolute Gasteiger partial charge is 0.379 e. The first-order valence-corrected chi connectivity index (χ1v) is 10.3. The van der Waals surface area contributed by atoms with Crippen molar-refractivity contribution >= 4 is 28.3 Å². The van der Waals surface area contributed by atoms with E-state index in [9.17, 15) is 14.0 Å². The van der Waals surface area contributed by atoms with Crippen LogP contribution in [-0.2, 0) is 14.3 Å². The summed E-state index contributed by atoms with van der Waals surface area (Å²) in [5, 5.41) is 7.27. The van der Waals surface area contributed by atoms with Gasteiger partial charge in [0.25, 0.3) is 0 Å². The molecule has 31 heavy (non-hydrogen) atoms. The molecule has 0 spiro atoms. The molecule has 2 N–H and O–H groups in total. The fourth-order valence-electron chi connectivity index (χ4n) is 3.88. The van der Waals surface area contributed by atoms with Crippen molar-refractivity contribution in [3.63, 3.8) is 0 Å². The predicted octanol–water partition coefficient (Wildman–Crippen LogP) is 3.11. The standard InChI is InChI=1S/C24H24FN3O3/c25-20-10-3-4-11-21(20)27-24(30)23(29)26-16-22(28-12-14-31-15-13-28)19-9-5-7-17-6-1-2-8-18(17)19/h1-11,22H,12-16H2,(H,26,29)(H,27,30). The van der Waals surface area contributed by atoms with Crippen LogP contribution in [0, 0.1) is 5.82 Å². The lowest BCUT2D eigenvalue weighted by Gasteiger charge is -2.35. The molecule has 0 saturated carbocycles. The van der Waals surface area contributed by atoms with Gasteiger partial charge < -0.3 is 15.4 Å². The molecule has 0 bridgehead atoms. The summed E-state index contributed by atoms with van der Waals surface area (Å²) in [6, 6.07) is 19.8. The smallest absolute Gasteiger partial charge is 0.313 e. The van der Waals surface area contributed by atoms with E-state index in [2.05, 4.69) is 33.7 Å². The predicted molar refractivity (Wildman–Crippen MR) is 117 cm³/mol. The monoisotopic (exact) mass is 421 g/mol. The number of para-hydroxylation sites is 1. The number of halogens is 1. The molecule has 1 unspecified atom stereocenters. The molecular formula is C24H24FN3O3. The molecule has 0 aliphatic carbocycles. The summed E-state index contributed by atoms with van der Waals surface area (Å²) in [6.45, 7) is 2.93. The van der Waals surface area contributed by atoms with E-state index >= 15 is 0 Å². The van der Waals surface area contributed by atoms with Crippen molar-refractivity contribution in [2.75, 3.05) is 38.2 Å². The van der Waals surface area contributed by atoms with Gasteiger partial charge in [-0.3, -0.25) is 14.5 Å². The Morgan fingerprint density at radius 2 is 1.65 bits per heavy atom. The molecule has 2 amide bonds. The summed E-state index contributed by atoms with van der Waals surface area (Å²) in [7, 11) is 0. The minimum Gasteiger partial charge on any atom is -0.379 e. The number of benzene rings is 3. The van der Waals surface area contributed by atoms with Gasteiger partial charge in [-0.15, -0.1) is 0 Å². The van der Waals surface area contributed by atoms with E-state index in [0.29, 0.717) is 13.2 Å². The van der Waals surface area contributed by atoms with Crippen molar-refractivity contribution in [2.24, 2.45) is 0 Å². The summed E-state index contributed by atoms with van der Waals surface area (Å²) in [6.07, 6.45) is 0. The summed E-state index contributed by atoms with van der Waals surface area (Å²) < 4.78 is 19.3. The van der Waals surface area contributed by atoms with E-state index in [0.717, 1.165) is 29.4 Å². The van der Waals surface area contributed by atoms with Gasteiger partial charge in [0.05, 0.1) is 24.9 Å². The lowest BCUT2D eigenvalue weighted by molar-refractivity contribution is -0.136. The first-order chi connectivity index (χ1) is 15.1. The Hall–Kier alpha value is -3.29. The van der Waals surface area contributed by atoms with Gasteiger partial charge in [-0.25, -0.2) is 4.39 Å². The van der Waals surface area contributed by atoms with Crippen LogP contribution in [0.3, 0.4) is 0 Å². The molecule has 1 aliphatic heterocycles. The molecule has 1 heterocycles. The number of nitrogens with one attached hydrogen (secondary N) is 2. The molecule has 3 aromatic carbocycles. The van der Waals surface area contributed by atoms with Crippen LogP contribution in [0.15, 0.2) is 66.7 Å². The molecule has 1 aliphatic rings. The Labute approximate surface area is 180 Å². The van der Waals surface area contributed by atoms with Gasteiger partial charge in [-0.1, -0.05) is 54.6 Å². The normalized spacial score (nSPS) is 15.4. The number of carbonyl (C=O) groups excluding carboxylic acids is 2. The summed E-state index contributed by atoms with van der Waals surface area (Å²) in [4.78, 5) is 27.0. The van der Waals surface area contributed by atoms with Crippen LogP contribution in [0.4, 0.5) is 10.1 Å². The highest BCUT2D eigenvalue weighted by molar-refractivity contribution is 6.39. The number of hydrogen-bond acceptors (Lipinski definition) is 4. The average Bonchev–Trinajstić information content (AvgIpc) is 2.81. The maximum absolute atomic E-state index is 13.8. The minimum absolute atomic E-state index is 0.0265. The summed E-state index contributed by atoms with van der Waals surface area (Å²) in [5.74, 6) is -2.30. The third-order valence-electron chi connectivity index (χ3n) is 5.45. The van der Waals surface area contributed by atoms with E-state index in [1.807, 2.05) is 24.3 Å². The van der Waals surface area contributed by atoms with Crippen molar-refractivity contribution in [1.29, 1.82) is 0 Å². The number of nitrogens with zero attached hydrogens (tertiary/aromatic N) is 1. The number of carbonyl (C=O) groups is 2. The van der Waals surface area contributed by atoms with Crippen LogP contribution in [0.5, 0.6) is 0 Å². The number of rotatable bonds is 5. The molecule has 0 radical (unpaired) electrons. The van der Waals surface area contributed by atoms with Gasteiger partial charge in [0.2, 0.25) is 0 Å². The number of amides is 2. The van der Waals surface area contributed by atoms with Crippen molar-refractivity contribution < 1.29 is 18.7 Å². The lowest BCUT2D eigenvalue weighted by atomic mass is 9.97. The van der Waals surface area contributed by atoms with Crippen molar-refractivity contribution in [3.05, 3.63) is 78.1 Å².